The van der Waals surface area contributed by atoms with Crippen molar-refractivity contribution in [3.05, 3.63) is 0 Å². The minimum atomic E-state index is -3.08. The maximum atomic E-state index is 11.8. The second kappa shape index (κ2) is 5.27. The van der Waals surface area contributed by atoms with E-state index in [2.05, 4.69) is 0 Å². The molecule has 1 N–H and O–H groups in total. The van der Waals surface area contributed by atoms with Crippen LogP contribution in [0.3, 0.4) is 0 Å². The summed E-state index contributed by atoms with van der Waals surface area (Å²) in [6, 6.07) is 0. The molecule has 0 amide bonds. The van der Waals surface area contributed by atoms with Crippen LogP contribution in [0.4, 0.5) is 0 Å². The summed E-state index contributed by atoms with van der Waals surface area (Å²) in [5.41, 5.74) is 0. The topological polar surface area (TPSA) is 57.6 Å². The molecule has 0 aromatic carbocycles. The molecule has 5 heteroatoms. The lowest BCUT2D eigenvalue weighted by atomic mass is 9.99. The monoisotopic (exact) mass is 235 g/mol. The predicted octanol–water partition coefficient (Wildman–Crippen LogP) is 0.819. The molecular weight excluding hydrogens is 214 g/mol. The van der Waals surface area contributed by atoms with E-state index in [9.17, 15) is 13.5 Å². The smallest absolute Gasteiger partial charge is 0.214 e. The van der Waals surface area contributed by atoms with Crippen molar-refractivity contribution in [2.75, 3.05) is 18.8 Å². The van der Waals surface area contributed by atoms with Crippen LogP contribution >= 0.6 is 0 Å². The highest BCUT2D eigenvalue weighted by Gasteiger charge is 2.30. The fourth-order valence-corrected chi connectivity index (χ4v) is 3.56. The van der Waals surface area contributed by atoms with Crippen molar-refractivity contribution in [1.29, 1.82) is 0 Å². The zero-order valence-corrected chi connectivity index (χ0v) is 10.3. The van der Waals surface area contributed by atoms with Crippen molar-refractivity contribution in [2.45, 2.75) is 39.2 Å². The first-order valence-electron chi connectivity index (χ1n) is 5.63. The molecule has 0 radical (unpaired) electrons. The summed E-state index contributed by atoms with van der Waals surface area (Å²) < 4.78 is 25.2. The molecule has 0 spiro atoms. The molecule has 2 atom stereocenters. The van der Waals surface area contributed by atoms with E-state index in [1.807, 2.05) is 13.8 Å². The van der Waals surface area contributed by atoms with Gasteiger partial charge in [0.2, 0.25) is 10.0 Å². The maximum absolute atomic E-state index is 11.8. The van der Waals surface area contributed by atoms with Crippen molar-refractivity contribution in [1.82, 2.24) is 4.31 Å². The molecule has 0 bridgehead atoms. The van der Waals surface area contributed by atoms with Gasteiger partial charge >= 0.3 is 0 Å². The number of sulfonamides is 1. The van der Waals surface area contributed by atoms with Crippen LogP contribution in [0.5, 0.6) is 0 Å². The van der Waals surface area contributed by atoms with Crippen LogP contribution in [0.25, 0.3) is 0 Å². The SMILES string of the molecule is CCCCS(=O)(=O)N1CCC(O)C(C)C1. The Balaban J connectivity index is 2.57. The maximum Gasteiger partial charge on any atom is 0.214 e. The minimum Gasteiger partial charge on any atom is -0.393 e. The standard InChI is InChI=1S/C10H21NO3S/c1-3-4-7-15(13,14)11-6-5-10(12)9(2)8-11/h9-10,12H,3-8H2,1-2H3. The molecule has 1 rings (SSSR count). The summed E-state index contributed by atoms with van der Waals surface area (Å²) in [4.78, 5) is 0. The van der Waals surface area contributed by atoms with Gasteiger partial charge in [-0.15, -0.1) is 0 Å². The Bertz CT molecular complexity index is 289. The molecular formula is C10H21NO3S. The molecule has 1 aliphatic rings. The van der Waals surface area contributed by atoms with Crippen LogP contribution in [-0.4, -0.2) is 42.8 Å². The highest BCUT2D eigenvalue weighted by molar-refractivity contribution is 7.89. The first-order chi connectivity index (χ1) is 6.97. The highest BCUT2D eigenvalue weighted by Crippen LogP contribution is 2.19. The molecule has 0 saturated carbocycles. The van der Waals surface area contributed by atoms with Crippen molar-refractivity contribution in [3.8, 4) is 0 Å². The highest BCUT2D eigenvalue weighted by atomic mass is 32.2. The predicted molar refractivity (Wildman–Crippen MR) is 60.1 cm³/mol. The average Bonchev–Trinajstić information content (AvgIpc) is 2.19. The van der Waals surface area contributed by atoms with Crippen LogP contribution < -0.4 is 0 Å². The largest absolute Gasteiger partial charge is 0.393 e. The molecule has 4 nitrogen and oxygen atoms in total. The van der Waals surface area contributed by atoms with E-state index in [-0.39, 0.29) is 17.8 Å². The number of aliphatic hydroxyl groups excluding tert-OH is 1. The Morgan fingerprint density at radius 3 is 2.67 bits per heavy atom. The van der Waals surface area contributed by atoms with Gasteiger partial charge in [0.05, 0.1) is 11.9 Å². The van der Waals surface area contributed by atoms with E-state index in [4.69, 9.17) is 0 Å². The van der Waals surface area contributed by atoms with E-state index >= 15 is 0 Å². The summed E-state index contributed by atoms with van der Waals surface area (Å²) in [6.45, 7) is 4.81. The number of piperidine rings is 1. The summed E-state index contributed by atoms with van der Waals surface area (Å²) in [5, 5.41) is 9.52. The molecule has 1 heterocycles. The van der Waals surface area contributed by atoms with Crippen LogP contribution in [0.1, 0.15) is 33.1 Å². The number of nitrogens with zero attached hydrogens (tertiary/aromatic N) is 1. The molecule has 1 aliphatic heterocycles. The first-order valence-corrected chi connectivity index (χ1v) is 7.24. The average molecular weight is 235 g/mol. The van der Waals surface area contributed by atoms with E-state index in [1.165, 1.54) is 4.31 Å². The zero-order valence-electron chi connectivity index (χ0n) is 9.52. The van der Waals surface area contributed by atoms with Gasteiger partial charge in [0.1, 0.15) is 0 Å². The quantitative estimate of drug-likeness (QED) is 0.785. The van der Waals surface area contributed by atoms with Gasteiger partial charge in [-0.1, -0.05) is 20.3 Å². The molecule has 90 valence electrons. The van der Waals surface area contributed by atoms with Crippen molar-refractivity contribution in [3.63, 3.8) is 0 Å². The Morgan fingerprint density at radius 2 is 2.13 bits per heavy atom. The van der Waals surface area contributed by atoms with Gasteiger partial charge in [-0.2, -0.15) is 0 Å². The normalized spacial score (nSPS) is 29.3. The van der Waals surface area contributed by atoms with E-state index in [0.29, 0.717) is 19.5 Å². The van der Waals surface area contributed by atoms with E-state index in [0.717, 1.165) is 12.8 Å². The third-order valence-electron chi connectivity index (χ3n) is 2.97. The fourth-order valence-electron chi connectivity index (χ4n) is 1.80. The zero-order chi connectivity index (χ0) is 11.5. The van der Waals surface area contributed by atoms with E-state index < -0.39 is 10.0 Å². The van der Waals surface area contributed by atoms with Crippen molar-refractivity contribution >= 4 is 10.0 Å². The lowest BCUT2D eigenvalue weighted by Crippen LogP contribution is -2.45. The Kier molecular flexibility index (Phi) is 4.55. The van der Waals surface area contributed by atoms with Crippen LogP contribution in [0.2, 0.25) is 0 Å². The van der Waals surface area contributed by atoms with Gasteiger partial charge < -0.3 is 5.11 Å². The van der Waals surface area contributed by atoms with E-state index in [1.54, 1.807) is 0 Å². The third-order valence-corrected chi connectivity index (χ3v) is 4.89. The minimum absolute atomic E-state index is 0.0511. The summed E-state index contributed by atoms with van der Waals surface area (Å²) in [5.74, 6) is 0.293. The number of unbranched alkanes of at least 4 members (excludes halogenated alkanes) is 1. The van der Waals surface area contributed by atoms with Gasteiger partial charge in [0.25, 0.3) is 0 Å². The number of hydrogen-bond donors (Lipinski definition) is 1. The van der Waals surface area contributed by atoms with Crippen LogP contribution in [0.15, 0.2) is 0 Å². The molecule has 0 aromatic heterocycles. The molecule has 1 fully saturated rings. The van der Waals surface area contributed by atoms with Crippen molar-refractivity contribution < 1.29 is 13.5 Å². The summed E-state index contributed by atoms with van der Waals surface area (Å²) in [7, 11) is -3.08. The van der Waals surface area contributed by atoms with Crippen LogP contribution in [0, 0.1) is 5.92 Å². The lowest BCUT2D eigenvalue weighted by molar-refractivity contribution is 0.0628. The number of hydrogen-bond acceptors (Lipinski definition) is 3. The van der Waals surface area contributed by atoms with Gasteiger partial charge in [0, 0.05) is 13.1 Å². The van der Waals surface area contributed by atoms with Crippen LogP contribution in [-0.2, 0) is 10.0 Å². The fraction of sp³-hybridized carbons (Fsp3) is 1.00. The van der Waals surface area contributed by atoms with Gasteiger partial charge in [-0.25, -0.2) is 12.7 Å². The molecule has 0 aromatic rings. The Labute approximate surface area is 92.3 Å². The van der Waals surface area contributed by atoms with Gasteiger partial charge in [0.15, 0.2) is 0 Å². The summed E-state index contributed by atoms with van der Waals surface area (Å²) in [6.07, 6.45) is 1.83. The Hall–Kier alpha value is -0.130. The molecule has 2 unspecified atom stereocenters. The molecule has 1 saturated heterocycles. The first kappa shape index (κ1) is 12.9. The number of rotatable bonds is 4. The van der Waals surface area contributed by atoms with Gasteiger partial charge in [-0.3, -0.25) is 0 Å². The second-order valence-corrected chi connectivity index (χ2v) is 6.45. The Morgan fingerprint density at radius 1 is 1.47 bits per heavy atom. The molecule has 0 aliphatic carbocycles. The van der Waals surface area contributed by atoms with Crippen molar-refractivity contribution in [2.24, 2.45) is 5.92 Å². The summed E-state index contributed by atoms with van der Waals surface area (Å²) >= 11 is 0. The van der Waals surface area contributed by atoms with Gasteiger partial charge in [-0.05, 0) is 18.8 Å². The third kappa shape index (κ3) is 3.43. The molecule has 15 heavy (non-hydrogen) atoms. The lowest BCUT2D eigenvalue weighted by Gasteiger charge is -2.33. The number of aliphatic hydroxyl groups is 1. The second-order valence-electron chi connectivity index (χ2n) is 4.36.